The summed E-state index contributed by atoms with van der Waals surface area (Å²) in [6.07, 6.45) is -0.600. The fraction of sp³-hybridized carbons (Fsp3) is 0.400. The minimum atomic E-state index is -1.03. The van der Waals surface area contributed by atoms with Gasteiger partial charge in [-0.25, -0.2) is 8.78 Å². The lowest BCUT2D eigenvalue weighted by Crippen LogP contribution is -2.12. The molecular weight excluding hydrogens is 172 g/mol. The van der Waals surface area contributed by atoms with Crippen LogP contribution in [0, 0.1) is 5.82 Å². The minimum Gasteiger partial charge on any atom is -0.312 e. The highest BCUT2D eigenvalue weighted by atomic mass is 19.1. The van der Waals surface area contributed by atoms with E-state index >= 15 is 0 Å². The first-order valence-corrected chi connectivity index (χ1v) is 4.41. The van der Waals surface area contributed by atoms with Crippen LogP contribution in [0.15, 0.2) is 18.2 Å². The van der Waals surface area contributed by atoms with Gasteiger partial charge < -0.3 is 5.32 Å². The molecule has 1 unspecified atom stereocenters. The second kappa shape index (κ2) is 3.42. The molecule has 1 heterocycles. The first kappa shape index (κ1) is 8.63. The van der Waals surface area contributed by atoms with Gasteiger partial charge in [0.25, 0.3) is 0 Å². The van der Waals surface area contributed by atoms with Gasteiger partial charge in [-0.15, -0.1) is 0 Å². The molecule has 0 fully saturated rings. The minimum absolute atomic E-state index is 0.311. The predicted molar refractivity (Wildman–Crippen MR) is 46.6 cm³/mol. The highest BCUT2D eigenvalue weighted by Crippen LogP contribution is 2.27. The molecular formula is C10H11F2N. The van der Waals surface area contributed by atoms with Crippen molar-refractivity contribution in [2.45, 2.75) is 19.1 Å². The molecule has 1 N–H and O–H groups in total. The summed E-state index contributed by atoms with van der Waals surface area (Å²) in [6.45, 7) is 1.04. The SMILES string of the molecule is Fc1cccc2c1CNCCC2F. The number of rotatable bonds is 0. The number of halogens is 2. The van der Waals surface area contributed by atoms with Crippen molar-refractivity contribution < 1.29 is 8.78 Å². The molecule has 1 atom stereocenters. The molecule has 3 heteroatoms. The number of hydrogen-bond donors (Lipinski definition) is 1. The van der Waals surface area contributed by atoms with Gasteiger partial charge >= 0.3 is 0 Å². The smallest absolute Gasteiger partial charge is 0.128 e. The van der Waals surface area contributed by atoms with Gasteiger partial charge in [-0.3, -0.25) is 0 Å². The zero-order valence-corrected chi connectivity index (χ0v) is 7.19. The van der Waals surface area contributed by atoms with E-state index in [9.17, 15) is 8.78 Å². The summed E-state index contributed by atoms with van der Waals surface area (Å²) in [5.74, 6) is -0.311. The molecule has 0 bridgehead atoms. The predicted octanol–water partition coefficient (Wildman–Crippen LogP) is 2.33. The molecule has 70 valence electrons. The molecule has 1 aromatic carbocycles. The maximum Gasteiger partial charge on any atom is 0.128 e. The van der Waals surface area contributed by atoms with E-state index in [1.165, 1.54) is 6.07 Å². The second-order valence-electron chi connectivity index (χ2n) is 3.24. The van der Waals surface area contributed by atoms with Crippen LogP contribution in [0.1, 0.15) is 23.7 Å². The van der Waals surface area contributed by atoms with E-state index in [1.54, 1.807) is 12.1 Å². The van der Waals surface area contributed by atoms with Gasteiger partial charge in [0.15, 0.2) is 0 Å². The number of hydrogen-bond acceptors (Lipinski definition) is 1. The zero-order valence-electron chi connectivity index (χ0n) is 7.19. The van der Waals surface area contributed by atoms with Crippen LogP contribution in [0.4, 0.5) is 8.78 Å². The fourth-order valence-electron chi connectivity index (χ4n) is 1.65. The maximum atomic E-state index is 13.4. The Morgan fingerprint density at radius 3 is 3.08 bits per heavy atom. The Morgan fingerprint density at radius 1 is 1.38 bits per heavy atom. The van der Waals surface area contributed by atoms with E-state index in [0.29, 0.717) is 30.6 Å². The molecule has 0 aromatic heterocycles. The number of fused-ring (bicyclic) bond motifs is 1. The number of benzene rings is 1. The third kappa shape index (κ3) is 1.56. The normalized spacial score (nSPS) is 22.2. The van der Waals surface area contributed by atoms with Crippen LogP contribution in [0.2, 0.25) is 0 Å². The lowest BCUT2D eigenvalue weighted by atomic mass is 10.0. The van der Waals surface area contributed by atoms with Crippen LogP contribution in [-0.2, 0) is 6.54 Å². The molecule has 0 saturated heterocycles. The Labute approximate surface area is 75.8 Å². The molecule has 0 radical (unpaired) electrons. The summed E-state index contributed by atoms with van der Waals surface area (Å²) in [4.78, 5) is 0. The van der Waals surface area contributed by atoms with Gasteiger partial charge in [-0.2, -0.15) is 0 Å². The summed E-state index contributed by atoms with van der Waals surface area (Å²) in [5, 5.41) is 2.99. The largest absolute Gasteiger partial charge is 0.312 e. The van der Waals surface area contributed by atoms with Crippen molar-refractivity contribution in [1.82, 2.24) is 5.32 Å². The van der Waals surface area contributed by atoms with Crippen molar-refractivity contribution in [2.24, 2.45) is 0 Å². The van der Waals surface area contributed by atoms with Crippen LogP contribution in [0.25, 0.3) is 0 Å². The Hall–Kier alpha value is -0.960. The molecule has 0 aliphatic carbocycles. The fourth-order valence-corrected chi connectivity index (χ4v) is 1.65. The van der Waals surface area contributed by atoms with Crippen molar-refractivity contribution in [3.63, 3.8) is 0 Å². The highest BCUT2D eigenvalue weighted by Gasteiger charge is 2.19. The van der Waals surface area contributed by atoms with Crippen molar-refractivity contribution in [3.05, 3.63) is 35.1 Å². The maximum absolute atomic E-state index is 13.4. The van der Waals surface area contributed by atoms with E-state index in [4.69, 9.17) is 0 Å². The Bertz CT molecular complexity index is 312. The van der Waals surface area contributed by atoms with Gasteiger partial charge in [0.05, 0.1) is 0 Å². The third-order valence-electron chi connectivity index (χ3n) is 2.37. The summed E-state index contributed by atoms with van der Waals surface area (Å²) in [6, 6.07) is 4.60. The molecule has 2 rings (SSSR count). The quantitative estimate of drug-likeness (QED) is 0.651. The molecule has 1 aliphatic heterocycles. The third-order valence-corrected chi connectivity index (χ3v) is 2.37. The monoisotopic (exact) mass is 183 g/mol. The standard InChI is InChI=1S/C10H11F2N/c11-9-3-1-2-7-8(9)6-13-5-4-10(7)12/h1-3,10,13H,4-6H2. The van der Waals surface area contributed by atoms with E-state index in [0.717, 1.165) is 0 Å². The van der Waals surface area contributed by atoms with Crippen molar-refractivity contribution in [3.8, 4) is 0 Å². The van der Waals surface area contributed by atoms with Crippen LogP contribution in [0.3, 0.4) is 0 Å². The zero-order chi connectivity index (χ0) is 9.26. The Kier molecular flexibility index (Phi) is 2.27. The Balaban J connectivity index is 2.47. The van der Waals surface area contributed by atoms with Crippen molar-refractivity contribution in [2.75, 3.05) is 6.54 Å². The summed E-state index contributed by atoms with van der Waals surface area (Å²) in [7, 11) is 0. The molecule has 0 saturated carbocycles. The molecule has 1 nitrogen and oxygen atoms in total. The van der Waals surface area contributed by atoms with Crippen LogP contribution in [0.5, 0.6) is 0 Å². The van der Waals surface area contributed by atoms with E-state index in [1.807, 2.05) is 0 Å². The van der Waals surface area contributed by atoms with Crippen molar-refractivity contribution >= 4 is 0 Å². The van der Waals surface area contributed by atoms with Crippen LogP contribution >= 0.6 is 0 Å². The first-order valence-electron chi connectivity index (χ1n) is 4.41. The average Bonchev–Trinajstić information content (AvgIpc) is 2.30. The first-order chi connectivity index (χ1) is 6.29. The summed E-state index contributed by atoms with van der Waals surface area (Å²) < 4.78 is 26.6. The summed E-state index contributed by atoms with van der Waals surface area (Å²) in [5.41, 5.74) is 0.984. The van der Waals surface area contributed by atoms with E-state index in [2.05, 4.69) is 5.32 Å². The topological polar surface area (TPSA) is 12.0 Å². The lowest BCUT2D eigenvalue weighted by molar-refractivity contribution is 0.325. The lowest BCUT2D eigenvalue weighted by Gasteiger charge is -2.08. The van der Waals surface area contributed by atoms with E-state index < -0.39 is 6.17 Å². The van der Waals surface area contributed by atoms with Gasteiger partial charge in [-0.1, -0.05) is 12.1 Å². The molecule has 0 spiro atoms. The van der Waals surface area contributed by atoms with Gasteiger partial charge in [-0.05, 0) is 24.6 Å². The van der Waals surface area contributed by atoms with Gasteiger partial charge in [0.2, 0.25) is 0 Å². The van der Waals surface area contributed by atoms with Crippen LogP contribution in [-0.4, -0.2) is 6.54 Å². The molecule has 1 aliphatic rings. The van der Waals surface area contributed by atoms with Crippen LogP contribution < -0.4 is 5.32 Å². The van der Waals surface area contributed by atoms with Gasteiger partial charge in [0.1, 0.15) is 12.0 Å². The second-order valence-corrected chi connectivity index (χ2v) is 3.24. The van der Waals surface area contributed by atoms with Crippen molar-refractivity contribution in [1.29, 1.82) is 0 Å². The Morgan fingerprint density at radius 2 is 2.23 bits per heavy atom. The number of nitrogens with one attached hydrogen (secondary N) is 1. The average molecular weight is 183 g/mol. The molecule has 0 amide bonds. The van der Waals surface area contributed by atoms with E-state index in [-0.39, 0.29) is 5.82 Å². The number of alkyl halides is 1. The molecule has 13 heavy (non-hydrogen) atoms. The summed E-state index contributed by atoms with van der Waals surface area (Å²) >= 11 is 0. The molecule has 1 aromatic rings. The van der Waals surface area contributed by atoms with Gasteiger partial charge in [0, 0.05) is 12.1 Å². The highest BCUT2D eigenvalue weighted by molar-refractivity contribution is 5.31.